The lowest BCUT2D eigenvalue weighted by atomic mass is 10.2. The molecule has 4 aromatic rings. The molecule has 2 aromatic heterocycles. The summed E-state index contributed by atoms with van der Waals surface area (Å²) < 4.78 is 0. The Morgan fingerprint density at radius 3 is 2.14 bits per heavy atom. The van der Waals surface area contributed by atoms with Crippen molar-refractivity contribution in [1.29, 1.82) is 0 Å². The van der Waals surface area contributed by atoms with Crippen molar-refractivity contribution >= 4 is 22.8 Å². The number of piperazine rings is 1. The van der Waals surface area contributed by atoms with Gasteiger partial charge in [-0.3, -0.25) is 0 Å². The maximum Gasteiger partial charge on any atom is 0.157 e. The van der Waals surface area contributed by atoms with Crippen LogP contribution >= 0.6 is 11.3 Å². The van der Waals surface area contributed by atoms with E-state index in [1.165, 1.54) is 5.69 Å². The molecule has 1 aliphatic heterocycles. The lowest BCUT2D eigenvalue weighted by Gasteiger charge is -2.37. The molecule has 1 saturated heterocycles. The molecule has 0 aliphatic carbocycles. The average Bonchev–Trinajstić information content (AvgIpc) is 3.31. The van der Waals surface area contributed by atoms with Gasteiger partial charge in [-0.05, 0) is 12.1 Å². The van der Waals surface area contributed by atoms with E-state index in [1.54, 1.807) is 23.7 Å². The Balaban J connectivity index is 1.38. The highest BCUT2D eigenvalue weighted by Gasteiger charge is 2.23. The summed E-state index contributed by atoms with van der Waals surface area (Å²) in [7, 11) is 0. The van der Waals surface area contributed by atoms with Crippen LogP contribution in [0.25, 0.3) is 22.0 Å². The van der Waals surface area contributed by atoms with E-state index in [4.69, 9.17) is 4.98 Å². The van der Waals surface area contributed by atoms with Crippen LogP contribution in [0.4, 0.5) is 11.5 Å². The van der Waals surface area contributed by atoms with Gasteiger partial charge in [0.05, 0.1) is 5.69 Å². The topological polar surface area (TPSA) is 45.2 Å². The largest absolute Gasteiger partial charge is 0.368 e. The highest BCUT2D eigenvalue weighted by Crippen LogP contribution is 2.33. The second kappa shape index (κ2) is 8.01. The summed E-state index contributed by atoms with van der Waals surface area (Å²) >= 11 is 1.62. The lowest BCUT2D eigenvalue weighted by molar-refractivity contribution is 0.647. The summed E-state index contributed by atoms with van der Waals surface area (Å²) in [5.41, 5.74) is 4.25. The summed E-state index contributed by atoms with van der Waals surface area (Å²) in [6.07, 6.45) is 3.52. The molecule has 5 nitrogen and oxygen atoms in total. The predicted molar refractivity (Wildman–Crippen MR) is 119 cm³/mol. The molecule has 5 rings (SSSR count). The highest BCUT2D eigenvalue weighted by atomic mass is 32.1. The van der Waals surface area contributed by atoms with Gasteiger partial charge >= 0.3 is 0 Å². The minimum absolute atomic E-state index is 0.868. The Morgan fingerprint density at radius 1 is 0.724 bits per heavy atom. The predicted octanol–water partition coefficient (Wildman–Crippen LogP) is 4.59. The third-order valence-electron chi connectivity index (χ3n) is 5.16. The van der Waals surface area contributed by atoms with Crippen molar-refractivity contribution in [2.45, 2.75) is 0 Å². The third kappa shape index (κ3) is 3.71. The molecular formula is C23H21N5S. The fourth-order valence-electron chi connectivity index (χ4n) is 3.65. The van der Waals surface area contributed by atoms with Gasteiger partial charge in [-0.15, -0.1) is 11.3 Å². The van der Waals surface area contributed by atoms with Crippen molar-refractivity contribution in [3.63, 3.8) is 0 Å². The molecule has 3 heterocycles. The van der Waals surface area contributed by atoms with Crippen molar-refractivity contribution in [3.8, 4) is 22.0 Å². The highest BCUT2D eigenvalue weighted by molar-refractivity contribution is 7.13. The van der Waals surface area contributed by atoms with Crippen molar-refractivity contribution in [3.05, 3.63) is 78.4 Å². The summed E-state index contributed by atoms with van der Waals surface area (Å²) in [4.78, 5) is 18.9. The van der Waals surface area contributed by atoms with E-state index in [2.05, 4.69) is 67.6 Å². The van der Waals surface area contributed by atoms with Gasteiger partial charge in [0.15, 0.2) is 5.82 Å². The molecule has 1 fully saturated rings. The van der Waals surface area contributed by atoms with Crippen molar-refractivity contribution in [2.75, 3.05) is 36.0 Å². The van der Waals surface area contributed by atoms with Crippen LogP contribution in [0.1, 0.15) is 0 Å². The molecule has 0 atom stereocenters. The summed E-state index contributed by atoms with van der Waals surface area (Å²) in [5.74, 6) is 0.925. The number of para-hydroxylation sites is 1. The maximum atomic E-state index is 4.85. The van der Waals surface area contributed by atoms with Crippen LogP contribution in [0.2, 0.25) is 0 Å². The van der Waals surface area contributed by atoms with E-state index in [0.29, 0.717) is 0 Å². The Bertz CT molecular complexity index is 1070. The van der Waals surface area contributed by atoms with Crippen molar-refractivity contribution < 1.29 is 0 Å². The van der Waals surface area contributed by atoms with Gasteiger partial charge in [0.2, 0.25) is 0 Å². The average molecular weight is 400 g/mol. The quantitative estimate of drug-likeness (QED) is 0.502. The van der Waals surface area contributed by atoms with Gasteiger partial charge in [-0.2, -0.15) is 0 Å². The SMILES string of the molecule is c1ccc(-c2csc(-c3nccnc3N3CCN(c4ccccc4)CC3)n2)cc1. The molecule has 0 unspecified atom stereocenters. The Kier molecular flexibility index (Phi) is 4.92. The number of benzene rings is 2. The van der Waals surface area contributed by atoms with Gasteiger partial charge < -0.3 is 9.80 Å². The third-order valence-corrected chi connectivity index (χ3v) is 6.00. The Hall–Kier alpha value is -3.25. The van der Waals surface area contributed by atoms with Crippen molar-refractivity contribution in [1.82, 2.24) is 15.0 Å². The molecule has 0 N–H and O–H groups in total. The molecule has 6 heteroatoms. The molecule has 144 valence electrons. The van der Waals surface area contributed by atoms with Gasteiger partial charge in [-0.25, -0.2) is 15.0 Å². The molecule has 0 amide bonds. The number of hydrogen-bond acceptors (Lipinski definition) is 6. The van der Waals surface area contributed by atoms with E-state index in [0.717, 1.165) is 54.0 Å². The number of nitrogens with zero attached hydrogens (tertiary/aromatic N) is 5. The molecular weight excluding hydrogens is 378 g/mol. The van der Waals surface area contributed by atoms with E-state index < -0.39 is 0 Å². The first-order valence-corrected chi connectivity index (χ1v) is 10.6. The van der Waals surface area contributed by atoms with Crippen LogP contribution in [-0.2, 0) is 0 Å². The Morgan fingerprint density at radius 2 is 1.38 bits per heavy atom. The number of rotatable bonds is 4. The van der Waals surface area contributed by atoms with Gasteiger partial charge in [0, 0.05) is 55.2 Å². The fourth-order valence-corrected chi connectivity index (χ4v) is 4.47. The normalized spacial score (nSPS) is 14.2. The first-order chi connectivity index (χ1) is 14.4. The first kappa shape index (κ1) is 17.8. The molecule has 0 radical (unpaired) electrons. The number of thiazole rings is 1. The molecule has 29 heavy (non-hydrogen) atoms. The monoisotopic (exact) mass is 399 g/mol. The summed E-state index contributed by atoms with van der Waals surface area (Å²) in [5, 5.41) is 3.01. The lowest BCUT2D eigenvalue weighted by Crippen LogP contribution is -2.47. The standard InChI is InChI=1S/C23H21N5S/c1-3-7-18(8-4-1)20-17-29-23(26-20)21-22(25-12-11-24-21)28-15-13-27(14-16-28)19-9-5-2-6-10-19/h1-12,17H,13-16H2. The zero-order valence-corrected chi connectivity index (χ0v) is 16.8. The van der Waals surface area contributed by atoms with E-state index in [-0.39, 0.29) is 0 Å². The minimum Gasteiger partial charge on any atom is -0.368 e. The Labute approximate surface area is 174 Å². The second-order valence-corrected chi connectivity index (χ2v) is 7.80. The smallest absolute Gasteiger partial charge is 0.157 e. The molecule has 0 saturated carbocycles. The molecule has 0 spiro atoms. The molecule has 1 aliphatic rings. The van der Waals surface area contributed by atoms with Crippen LogP contribution in [0.5, 0.6) is 0 Å². The van der Waals surface area contributed by atoms with E-state index in [9.17, 15) is 0 Å². The summed E-state index contributed by atoms with van der Waals surface area (Å²) in [6.45, 7) is 3.76. The van der Waals surface area contributed by atoms with Crippen LogP contribution < -0.4 is 9.80 Å². The van der Waals surface area contributed by atoms with Gasteiger partial charge in [0.25, 0.3) is 0 Å². The minimum atomic E-state index is 0.868. The molecule has 0 bridgehead atoms. The number of aromatic nitrogens is 3. The fraction of sp³-hybridized carbons (Fsp3) is 0.174. The number of anilines is 2. The number of hydrogen-bond donors (Lipinski definition) is 0. The van der Waals surface area contributed by atoms with Crippen LogP contribution in [0.15, 0.2) is 78.4 Å². The van der Waals surface area contributed by atoms with E-state index in [1.807, 2.05) is 18.2 Å². The molecule has 2 aromatic carbocycles. The van der Waals surface area contributed by atoms with E-state index >= 15 is 0 Å². The maximum absolute atomic E-state index is 4.85. The van der Waals surface area contributed by atoms with Crippen LogP contribution in [-0.4, -0.2) is 41.1 Å². The first-order valence-electron chi connectivity index (χ1n) is 9.76. The van der Waals surface area contributed by atoms with Crippen LogP contribution in [0.3, 0.4) is 0 Å². The second-order valence-electron chi connectivity index (χ2n) is 6.94. The zero-order chi connectivity index (χ0) is 19.5. The van der Waals surface area contributed by atoms with Crippen molar-refractivity contribution in [2.24, 2.45) is 0 Å². The van der Waals surface area contributed by atoms with Gasteiger partial charge in [-0.1, -0.05) is 48.5 Å². The summed E-state index contributed by atoms with van der Waals surface area (Å²) in [6, 6.07) is 20.8. The van der Waals surface area contributed by atoms with Gasteiger partial charge in [0.1, 0.15) is 10.7 Å². The zero-order valence-electron chi connectivity index (χ0n) is 16.0. The van der Waals surface area contributed by atoms with Crippen LogP contribution in [0, 0.1) is 0 Å².